The molecule has 0 bridgehead atoms. The summed E-state index contributed by atoms with van der Waals surface area (Å²) in [5.41, 5.74) is 3.69. The van der Waals surface area contributed by atoms with Crippen molar-refractivity contribution in [2.24, 2.45) is 0 Å². The predicted molar refractivity (Wildman–Crippen MR) is 73.3 cm³/mol. The van der Waals surface area contributed by atoms with Gasteiger partial charge in [-0.2, -0.15) is 0 Å². The van der Waals surface area contributed by atoms with Crippen LogP contribution in [0.2, 0.25) is 0 Å². The van der Waals surface area contributed by atoms with Crippen LogP contribution in [0.3, 0.4) is 0 Å². The molecule has 4 heteroatoms. The molecule has 1 aromatic heterocycles. The van der Waals surface area contributed by atoms with Gasteiger partial charge in [-0.3, -0.25) is 0 Å². The molecule has 1 N–H and O–H groups in total. The summed E-state index contributed by atoms with van der Waals surface area (Å²) in [6.45, 7) is 2.11. The summed E-state index contributed by atoms with van der Waals surface area (Å²) in [6, 6.07) is 8.53. The number of aryl methyl sites for hydroxylation is 1. The Labute approximate surface area is 108 Å². The Hall–Kier alpha value is -0.870. The molecule has 0 spiro atoms. The molecule has 84 valence electrons. The first-order chi connectivity index (χ1) is 7.69. The van der Waals surface area contributed by atoms with E-state index < -0.39 is 0 Å². The van der Waals surface area contributed by atoms with E-state index in [0.29, 0.717) is 0 Å². The standard InChI is InChI=1S/C12H13BrN2S/c1-8-4-3-5-9(6-8)7-10-11(13)16-12(14-2)15-10/h3-6H,7H2,1-2H3,(H,14,15). The maximum atomic E-state index is 4.51. The van der Waals surface area contributed by atoms with Gasteiger partial charge < -0.3 is 5.32 Å². The van der Waals surface area contributed by atoms with E-state index in [2.05, 4.69) is 57.4 Å². The van der Waals surface area contributed by atoms with Crippen LogP contribution in [0.25, 0.3) is 0 Å². The Morgan fingerprint density at radius 2 is 2.25 bits per heavy atom. The van der Waals surface area contributed by atoms with Crippen molar-refractivity contribution in [2.45, 2.75) is 13.3 Å². The van der Waals surface area contributed by atoms with Crippen molar-refractivity contribution in [3.63, 3.8) is 0 Å². The predicted octanol–water partition coefficient (Wildman–Crippen LogP) is 3.85. The number of hydrogen-bond donors (Lipinski definition) is 1. The average Bonchev–Trinajstić information content (AvgIpc) is 2.60. The van der Waals surface area contributed by atoms with E-state index in [0.717, 1.165) is 21.0 Å². The Morgan fingerprint density at radius 1 is 1.44 bits per heavy atom. The summed E-state index contributed by atoms with van der Waals surface area (Å²) in [7, 11) is 1.89. The number of benzene rings is 1. The van der Waals surface area contributed by atoms with Crippen LogP contribution in [-0.4, -0.2) is 12.0 Å². The van der Waals surface area contributed by atoms with Crippen molar-refractivity contribution in [3.8, 4) is 0 Å². The first-order valence-corrected chi connectivity index (χ1v) is 6.68. The third kappa shape index (κ3) is 2.62. The van der Waals surface area contributed by atoms with E-state index in [9.17, 15) is 0 Å². The van der Waals surface area contributed by atoms with Gasteiger partial charge >= 0.3 is 0 Å². The number of rotatable bonds is 3. The van der Waals surface area contributed by atoms with Crippen molar-refractivity contribution in [2.75, 3.05) is 12.4 Å². The van der Waals surface area contributed by atoms with Crippen molar-refractivity contribution >= 4 is 32.4 Å². The van der Waals surface area contributed by atoms with Crippen LogP contribution in [0, 0.1) is 6.92 Å². The van der Waals surface area contributed by atoms with Crippen LogP contribution < -0.4 is 5.32 Å². The number of hydrogen-bond acceptors (Lipinski definition) is 3. The highest BCUT2D eigenvalue weighted by molar-refractivity contribution is 9.11. The zero-order chi connectivity index (χ0) is 11.5. The highest BCUT2D eigenvalue weighted by Gasteiger charge is 2.08. The lowest BCUT2D eigenvalue weighted by Crippen LogP contribution is -1.91. The maximum Gasteiger partial charge on any atom is 0.183 e. The second-order valence-corrected chi connectivity index (χ2v) is 5.97. The highest BCUT2D eigenvalue weighted by Crippen LogP contribution is 2.29. The van der Waals surface area contributed by atoms with E-state index >= 15 is 0 Å². The largest absolute Gasteiger partial charge is 0.365 e. The molecule has 1 heterocycles. The van der Waals surface area contributed by atoms with E-state index in [1.165, 1.54) is 11.1 Å². The van der Waals surface area contributed by atoms with E-state index in [4.69, 9.17) is 0 Å². The molecular weight excluding hydrogens is 284 g/mol. The lowest BCUT2D eigenvalue weighted by atomic mass is 10.1. The molecule has 2 aromatic rings. The highest BCUT2D eigenvalue weighted by atomic mass is 79.9. The molecule has 16 heavy (non-hydrogen) atoms. The summed E-state index contributed by atoms with van der Waals surface area (Å²) >= 11 is 5.18. The number of aromatic nitrogens is 1. The van der Waals surface area contributed by atoms with Crippen molar-refractivity contribution in [1.29, 1.82) is 0 Å². The Kier molecular flexibility index (Phi) is 3.61. The second-order valence-electron chi connectivity index (χ2n) is 3.66. The average molecular weight is 297 g/mol. The summed E-state index contributed by atoms with van der Waals surface area (Å²) in [5, 5.41) is 4.02. The lowest BCUT2D eigenvalue weighted by Gasteiger charge is -2.00. The van der Waals surface area contributed by atoms with Crippen molar-refractivity contribution in [3.05, 3.63) is 44.9 Å². The maximum absolute atomic E-state index is 4.51. The van der Waals surface area contributed by atoms with Gasteiger partial charge in [0.05, 0.1) is 9.48 Å². The summed E-state index contributed by atoms with van der Waals surface area (Å²) < 4.78 is 1.11. The molecule has 2 nitrogen and oxygen atoms in total. The first kappa shape index (κ1) is 11.6. The van der Waals surface area contributed by atoms with Gasteiger partial charge in [-0.15, -0.1) is 0 Å². The minimum Gasteiger partial charge on any atom is -0.365 e. The minimum atomic E-state index is 0.875. The molecular formula is C12H13BrN2S. The van der Waals surface area contributed by atoms with Gasteiger partial charge in [-0.25, -0.2) is 4.98 Å². The molecule has 0 unspecified atom stereocenters. The van der Waals surface area contributed by atoms with Crippen molar-refractivity contribution < 1.29 is 0 Å². The fraction of sp³-hybridized carbons (Fsp3) is 0.250. The molecule has 1 aromatic carbocycles. The monoisotopic (exact) mass is 296 g/mol. The molecule has 0 atom stereocenters. The second kappa shape index (κ2) is 4.97. The first-order valence-electron chi connectivity index (χ1n) is 5.07. The number of halogens is 1. The van der Waals surface area contributed by atoms with Crippen LogP contribution in [0.15, 0.2) is 28.1 Å². The van der Waals surface area contributed by atoms with Crippen LogP contribution in [0.1, 0.15) is 16.8 Å². The third-order valence-electron chi connectivity index (χ3n) is 2.32. The molecule has 0 saturated carbocycles. The van der Waals surface area contributed by atoms with Crippen LogP contribution in [0.4, 0.5) is 5.13 Å². The zero-order valence-corrected chi connectivity index (χ0v) is 11.7. The molecule has 0 aliphatic carbocycles. The molecule has 0 radical (unpaired) electrons. The van der Waals surface area contributed by atoms with Gasteiger partial charge in [0, 0.05) is 13.5 Å². The Bertz CT molecular complexity index is 494. The van der Waals surface area contributed by atoms with Gasteiger partial charge in [0.25, 0.3) is 0 Å². The zero-order valence-electron chi connectivity index (χ0n) is 9.25. The van der Waals surface area contributed by atoms with Crippen molar-refractivity contribution in [1.82, 2.24) is 4.98 Å². The van der Waals surface area contributed by atoms with E-state index in [1.54, 1.807) is 11.3 Å². The quantitative estimate of drug-likeness (QED) is 0.931. The van der Waals surface area contributed by atoms with Gasteiger partial charge in [-0.1, -0.05) is 41.2 Å². The minimum absolute atomic E-state index is 0.875. The molecule has 0 aliphatic rings. The van der Waals surface area contributed by atoms with Gasteiger partial charge in [-0.05, 0) is 28.4 Å². The van der Waals surface area contributed by atoms with Crippen LogP contribution in [0.5, 0.6) is 0 Å². The number of thiazole rings is 1. The van der Waals surface area contributed by atoms with E-state index in [1.807, 2.05) is 7.05 Å². The molecule has 0 aliphatic heterocycles. The topological polar surface area (TPSA) is 24.9 Å². The normalized spacial score (nSPS) is 10.4. The summed E-state index contributed by atoms with van der Waals surface area (Å²) in [6.07, 6.45) is 0.875. The molecule has 0 amide bonds. The number of anilines is 1. The van der Waals surface area contributed by atoms with Crippen LogP contribution >= 0.6 is 27.3 Å². The van der Waals surface area contributed by atoms with Gasteiger partial charge in [0.1, 0.15) is 0 Å². The third-order valence-corrected chi connectivity index (χ3v) is 4.16. The van der Waals surface area contributed by atoms with Gasteiger partial charge in [0.15, 0.2) is 5.13 Å². The molecule has 2 rings (SSSR count). The SMILES string of the molecule is CNc1nc(Cc2cccc(C)c2)c(Br)s1. The smallest absolute Gasteiger partial charge is 0.183 e. The summed E-state index contributed by atoms with van der Waals surface area (Å²) in [5.74, 6) is 0. The van der Waals surface area contributed by atoms with E-state index in [-0.39, 0.29) is 0 Å². The summed E-state index contributed by atoms with van der Waals surface area (Å²) in [4.78, 5) is 4.51. The van der Waals surface area contributed by atoms with Crippen LogP contribution in [-0.2, 0) is 6.42 Å². The fourth-order valence-corrected chi connectivity index (χ4v) is 2.92. The molecule has 0 fully saturated rings. The number of nitrogens with zero attached hydrogens (tertiary/aromatic N) is 1. The Morgan fingerprint density at radius 3 is 2.88 bits per heavy atom. The van der Waals surface area contributed by atoms with Gasteiger partial charge in [0.2, 0.25) is 0 Å². The number of nitrogens with one attached hydrogen (secondary N) is 1. The fourth-order valence-electron chi connectivity index (χ4n) is 1.56. The Balaban J connectivity index is 2.23. The lowest BCUT2D eigenvalue weighted by molar-refractivity contribution is 1.09. The molecule has 0 saturated heterocycles.